The molecule has 1 heterocycles. The van der Waals surface area contributed by atoms with Crippen LogP contribution in [0.2, 0.25) is 0 Å². The average Bonchev–Trinajstić information content (AvgIpc) is 2.27. The van der Waals surface area contributed by atoms with Crippen LogP contribution in [0.3, 0.4) is 0 Å². The molecule has 0 radical (unpaired) electrons. The number of carbonyl (C=O) groups is 2. The number of hydrogen-bond donors (Lipinski definition) is 1. The van der Waals surface area contributed by atoms with Gasteiger partial charge >= 0.3 is 0 Å². The van der Waals surface area contributed by atoms with E-state index < -0.39 is 0 Å². The number of Topliss-reactive ketones (excluding diaryl/α,β-unsaturated/α-hetero) is 1. The zero-order valence-corrected chi connectivity index (χ0v) is 10.5. The van der Waals surface area contributed by atoms with Crippen LogP contribution in [0, 0.1) is 5.92 Å². The molecule has 1 fully saturated rings. The van der Waals surface area contributed by atoms with Gasteiger partial charge in [0.15, 0.2) is 0 Å². The Morgan fingerprint density at radius 2 is 1.94 bits per heavy atom. The molecule has 92 valence electrons. The van der Waals surface area contributed by atoms with E-state index >= 15 is 0 Å². The Bertz CT molecular complexity index is 258. The zero-order valence-electron chi connectivity index (χ0n) is 10.5. The number of ketones is 1. The van der Waals surface area contributed by atoms with E-state index in [-0.39, 0.29) is 17.6 Å². The second-order valence-corrected chi connectivity index (χ2v) is 4.68. The Balaban J connectivity index is 2.36. The van der Waals surface area contributed by atoms with Crippen LogP contribution in [-0.2, 0) is 9.59 Å². The van der Waals surface area contributed by atoms with Gasteiger partial charge in [0.25, 0.3) is 0 Å². The summed E-state index contributed by atoms with van der Waals surface area (Å²) in [5.74, 6) is 0.547. The molecule has 1 saturated heterocycles. The number of hydrogen-bond acceptors (Lipinski definition) is 3. The lowest BCUT2D eigenvalue weighted by molar-refractivity contribution is -0.126. The lowest BCUT2D eigenvalue weighted by atomic mass is 9.94. The normalized spacial score (nSPS) is 20.4. The molecule has 0 spiro atoms. The van der Waals surface area contributed by atoms with Crippen molar-refractivity contribution < 1.29 is 9.59 Å². The van der Waals surface area contributed by atoms with Crippen molar-refractivity contribution in [2.45, 2.75) is 39.2 Å². The highest BCUT2D eigenvalue weighted by atomic mass is 16.1. The summed E-state index contributed by atoms with van der Waals surface area (Å²) in [6.07, 6.45) is 2.43. The highest BCUT2D eigenvalue weighted by Gasteiger charge is 2.26. The van der Waals surface area contributed by atoms with Crippen molar-refractivity contribution in [3.8, 4) is 0 Å². The van der Waals surface area contributed by atoms with Crippen LogP contribution in [0.5, 0.6) is 0 Å². The molecule has 1 N–H and O–H groups in total. The molecule has 0 aromatic heterocycles. The lowest BCUT2D eigenvalue weighted by Crippen LogP contribution is -2.43. The molecule has 0 aromatic rings. The first-order valence-electron chi connectivity index (χ1n) is 5.99. The molecule has 0 bridgehead atoms. The second kappa shape index (κ2) is 5.99. The number of rotatable bonds is 4. The van der Waals surface area contributed by atoms with Crippen LogP contribution in [0.1, 0.15) is 33.1 Å². The number of likely N-dealkylation sites (tertiary alicyclic amines) is 1. The van der Waals surface area contributed by atoms with Crippen LogP contribution in [0.15, 0.2) is 0 Å². The zero-order chi connectivity index (χ0) is 12.1. The van der Waals surface area contributed by atoms with E-state index in [0.717, 1.165) is 25.9 Å². The first kappa shape index (κ1) is 13.2. The van der Waals surface area contributed by atoms with E-state index in [1.807, 2.05) is 0 Å². The van der Waals surface area contributed by atoms with Gasteiger partial charge in [-0.1, -0.05) is 0 Å². The van der Waals surface area contributed by atoms with Gasteiger partial charge in [-0.2, -0.15) is 0 Å². The minimum atomic E-state index is 0.152. The van der Waals surface area contributed by atoms with E-state index in [1.54, 1.807) is 14.0 Å². The maximum absolute atomic E-state index is 11.4. The Hall–Kier alpha value is -0.900. The van der Waals surface area contributed by atoms with Crippen LogP contribution >= 0.6 is 0 Å². The van der Waals surface area contributed by atoms with E-state index in [9.17, 15) is 9.59 Å². The summed E-state index contributed by atoms with van der Waals surface area (Å²) in [5.41, 5.74) is 0. The largest absolute Gasteiger partial charge is 0.359 e. The first-order valence-corrected chi connectivity index (χ1v) is 5.99. The van der Waals surface area contributed by atoms with E-state index in [1.165, 1.54) is 0 Å². The summed E-state index contributed by atoms with van der Waals surface area (Å²) < 4.78 is 0. The summed E-state index contributed by atoms with van der Waals surface area (Å²) in [7, 11) is 1.69. The van der Waals surface area contributed by atoms with Gasteiger partial charge in [-0.05, 0) is 39.8 Å². The van der Waals surface area contributed by atoms with E-state index in [4.69, 9.17) is 0 Å². The average molecular weight is 226 g/mol. The predicted molar refractivity (Wildman–Crippen MR) is 63.1 cm³/mol. The van der Waals surface area contributed by atoms with Crippen molar-refractivity contribution in [1.29, 1.82) is 0 Å². The number of amides is 1. The Morgan fingerprint density at radius 3 is 2.38 bits per heavy atom. The molecule has 1 amide bonds. The molecule has 1 atom stereocenters. The van der Waals surface area contributed by atoms with E-state index in [2.05, 4.69) is 17.1 Å². The summed E-state index contributed by atoms with van der Waals surface area (Å²) in [4.78, 5) is 24.8. The van der Waals surface area contributed by atoms with Gasteiger partial charge in [0.05, 0.1) is 0 Å². The molecule has 4 heteroatoms. The number of carbonyl (C=O) groups excluding carboxylic acids is 2. The third-order valence-electron chi connectivity index (χ3n) is 3.35. The fraction of sp³-hybridized carbons (Fsp3) is 0.833. The number of nitrogens with zero attached hydrogens (tertiary/aromatic N) is 1. The van der Waals surface area contributed by atoms with Gasteiger partial charge in [-0.25, -0.2) is 0 Å². The van der Waals surface area contributed by atoms with E-state index in [0.29, 0.717) is 12.5 Å². The van der Waals surface area contributed by atoms with Gasteiger partial charge < -0.3 is 10.2 Å². The van der Waals surface area contributed by atoms with Crippen molar-refractivity contribution in [3.63, 3.8) is 0 Å². The van der Waals surface area contributed by atoms with Gasteiger partial charge in [-0.3, -0.25) is 9.59 Å². The molecule has 0 saturated carbocycles. The fourth-order valence-corrected chi connectivity index (χ4v) is 2.35. The summed E-state index contributed by atoms with van der Waals surface area (Å²) in [6.45, 7) is 5.56. The van der Waals surface area contributed by atoms with Crippen molar-refractivity contribution in [1.82, 2.24) is 10.2 Å². The predicted octanol–water partition coefficient (Wildman–Crippen LogP) is 0.812. The van der Waals surface area contributed by atoms with Crippen molar-refractivity contribution in [2.24, 2.45) is 5.92 Å². The molecule has 4 nitrogen and oxygen atoms in total. The number of nitrogens with one attached hydrogen (secondary N) is 1. The monoisotopic (exact) mass is 226 g/mol. The first-order chi connectivity index (χ1) is 7.54. The topological polar surface area (TPSA) is 49.4 Å². The molecule has 0 aliphatic carbocycles. The quantitative estimate of drug-likeness (QED) is 0.772. The van der Waals surface area contributed by atoms with Gasteiger partial charge in [0.1, 0.15) is 5.78 Å². The minimum Gasteiger partial charge on any atom is -0.359 e. The molecular formula is C12H22N2O2. The summed E-state index contributed by atoms with van der Waals surface area (Å²) in [5, 5.41) is 2.70. The minimum absolute atomic E-state index is 0.152. The molecule has 1 aliphatic rings. The van der Waals surface area contributed by atoms with Crippen LogP contribution in [0.25, 0.3) is 0 Å². The molecule has 1 unspecified atom stereocenters. The molecule has 1 rings (SSSR count). The lowest BCUT2D eigenvalue weighted by Gasteiger charge is -2.35. The van der Waals surface area contributed by atoms with Crippen LogP contribution < -0.4 is 5.32 Å². The van der Waals surface area contributed by atoms with Crippen LogP contribution in [0.4, 0.5) is 0 Å². The highest BCUT2D eigenvalue weighted by Crippen LogP contribution is 2.20. The molecule has 0 aromatic carbocycles. The third-order valence-corrected chi connectivity index (χ3v) is 3.35. The smallest absolute Gasteiger partial charge is 0.222 e. The highest BCUT2D eigenvalue weighted by molar-refractivity contribution is 5.78. The van der Waals surface area contributed by atoms with Crippen molar-refractivity contribution >= 4 is 11.7 Å². The van der Waals surface area contributed by atoms with Gasteiger partial charge in [-0.15, -0.1) is 0 Å². The molecule has 1 aliphatic heterocycles. The number of piperidine rings is 1. The summed E-state index contributed by atoms with van der Waals surface area (Å²) >= 11 is 0. The SMILES string of the molecule is CNC(=O)C1CCN(C(C)CC(C)=O)CC1. The Kier molecular flexibility index (Phi) is 4.93. The third kappa shape index (κ3) is 3.59. The maximum atomic E-state index is 11.4. The standard InChI is InChI=1S/C12H22N2O2/c1-9(8-10(2)15)14-6-4-11(5-7-14)12(16)13-3/h9,11H,4-8H2,1-3H3,(H,13,16). The van der Waals surface area contributed by atoms with Crippen molar-refractivity contribution in [2.75, 3.05) is 20.1 Å². The van der Waals surface area contributed by atoms with Crippen molar-refractivity contribution in [3.05, 3.63) is 0 Å². The second-order valence-electron chi connectivity index (χ2n) is 4.68. The molecular weight excluding hydrogens is 204 g/mol. The Morgan fingerprint density at radius 1 is 1.38 bits per heavy atom. The van der Waals surface area contributed by atoms with Crippen LogP contribution in [-0.4, -0.2) is 42.8 Å². The maximum Gasteiger partial charge on any atom is 0.222 e. The van der Waals surface area contributed by atoms with Gasteiger partial charge in [0.2, 0.25) is 5.91 Å². The van der Waals surface area contributed by atoms with Gasteiger partial charge in [0, 0.05) is 25.4 Å². The summed E-state index contributed by atoms with van der Waals surface area (Å²) in [6, 6.07) is 0.308. The Labute approximate surface area is 97.4 Å². The molecule has 16 heavy (non-hydrogen) atoms. The fourth-order valence-electron chi connectivity index (χ4n) is 2.35.